The number of nitrogens with zero attached hydrogens (tertiary/aromatic N) is 3. The Morgan fingerprint density at radius 2 is 1.84 bits per heavy atom. The number of nitrogens with one attached hydrogen (secondary N) is 2. The van der Waals surface area contributed by atoms with E-state index >= 15 is 0 Å². The summed E-state index contributed by atoms with van der Waals surface area (Å²) in [6, 6.07) is 8.41. The fraction of sp³-hybridized carbons (Fsp3) is 0.389. The molecule has 3 aromatic rings. The van der Waals surface area contributed by atoms with Crippen molar-refractivity contribution in [1.82, 2.24) is 19.9 Å². The molecule has 1 saturated heterocycles. The lowest BCUT2D eigenvalue weighted by Gasteiger charge is -2.14. The van der Waals surface area contributed by atoms with Gasteiger partial charge in [0.2, 0.25) is 0 Å². The zero-order valence-corrected chi connectivity index (χ0v) is 17.8. The molecule has 0 spiro atoms. The zero-order chi connectivity index (χ0) is 23.3. The van der Waals surface area contributed by atoms with Crippen LogP contribution in [0, 0.1) is 6.92 Å². The second-order valence-electron chi connectivity index (χ2n) is 7.00. The molecule has 4 rings (SSSR count). The number of imidazole rings is 1. The number of hydrogen-bond donors (Lipinski definition) is 7. The molecule has 13 nitrogen and oxygen atoms in total. The van der Waals surface area contributed by atoms with E-state index in [2.05, 4.69) is 65.7 Å². The average molecular weight is 469 g/mol. The molecule has 1 aliphatic rings. The first-order valence-corrected chi connectivity index (χ1v) is 11.0. The van der Waals surface area contributed by atoms with Gasteiger partial charge in [-0.05, 0) is 12.5 Å². The Bertz CT molecular complexity index is 1060. The van der Waals surface area contributed by atoms with E-state index in [1.165, 1.54) is 17.5 Å². The van der Waals surface area contributed by atoms with Crippen molar-refractivity contribution < 1.29 is 38.9 Å². The van der Waals surface area contributed by atoms with E-state index in [0.29, 0.717) is 5.65 Å². The van der Waals surface area contributed by atoms with Gasteiger partial charge in [-0.15, -0.1) is 0 Å². The van der Waals surface area contributed by atoms with Crippen molar-refractivity contribution in [2.75, 3.05) is 11.9 Å². The van der Waals surface area contributed by atoms with Gasteiger partial charge in [0.15, 0.2) is 17.8 Å². The number of rotatable bonds is 6. The minimum Gasteiger partial charge on any atom is -0.387 e. The van der Waals surface area contributed by atoms with Gasteiger partial charge in [-0.3, -0.25) is 4.52 Å². The fourth-order valence-corrected chi connectivity index (χ4v) is 3.17. The maximum atomic E-state index is 10.3. The molecule has 0 aliphatic carbocycles. The molecule has 14 heteroatoms. The van der Waals surface area contributed by atoms with Crippen LogP contribution in [0.4, 0.5) is 5.82 Å². The van der Waals surface area contributed by atoms with Gasteiger partial charge in [0, 0.05) is 6.54 Å². The summed E-state index contributed by atoms with van der Waals surface area (Å²) < 4.78 is 18.9. The van der Waals surface area contributed by atoms with Gasteiger partial charge in [0.05, 0.1) is 12.9 Å². The molecule has 1 fully saturated rings. The Morgan fingerprint density at radius 3 is 2.47 bits per heavy atom. The van der Waals surface area contributed by atoms with E-state index in [9.17, 15) is 4.57 Å². The standard InChI is InChI=1S/C13H13N5.C5H11O8P/c1-9-2-4-10(5-3-9)6-14-12-11-13(16-7-15-11)18-8-17-12;6-3-2(1-12-14(9,10)11)13-5(8)4(3)7/h2-5,7-8H,6H2,1H3,(H2,14,15,16,17,18);2-8H,1H2,(H2,9,10,11)/t;2-,3-,4-,5?/m.1/s1. The molecule has 32 heavy (non-hydrogen) atoms. The molecule has 1 aromatic carbocycles. The Labute approximate surface area is 182 Å². The number of aliphatic hydroxyl groups is 3. The molecule has 2 aromatic heterocycles. The third kappa shape index (κ3) is 6.51. The highest BCUT2D eigenvalue weighted by atomic mass is 31.2. The summed E-state index contributed by atoms with van der Waals surface area (Å²) in [5.74, 6) is 0.776. The van der Waals surface area contributed by atoms with Gasteiger partial charge in [0.1, 0.15) is 30.2 Å². The summed E-state index contributed by atoms with van der Waals surface area (Å²) in [4.78, 5) is 32.1. The van der Waals surface area contributed by atoms with Gasteiger partial charge in [0.25, 0.3) is 0 Å². The number of ether oxygens (including phenoxy) is 1. The monoisotopic (exact) mass is 469 g/mol. The van der Waals surface area contributed by atoms with Gasteiger partial charge in [-0.2, -0.15) is 0 Å². The number of phosphoric acid groups is 1. The largest absolute Gasteiger partial charge is 0.469 e. The summed E-state index contributed by atoms with van der Waals surface area (Å²) in [6.45, 7) is 2.20. The molecular formula is C18H24N5O8P. The Balaban J connectivity index is 0.000000188. The van der Waals surface area contributed by atoms with Gasteiger partial charge < -0.3 is 40.1 Å². The number of fused-ring (bicyclic) bond motifs is 1. The highest BCUT2D eigenvalue weighted by Gasteiger charge is 2.42. The minimum absolute atomic E-state index is 0.612. The van der Waals surface area contributed by atoms with E-state index in [4.69, 9.17) is 25.1 Å². The minimum atomic E-state index is -4.64. The summed E-state index contributed by atoms with van der Waals surface area (Å²) in [6.07, 6.45) is -2.53. The summed E-state index contributed by atoms with van der Waals surface area (Å²) in [7, 11) is -4.64. The van der Waals surface area contributed by atoms with E-state index in [1.807, 2.05) is 0 Å². The van der Waals surface area contributed by atoms with Crippen LogP contribution in [0.3, 0.4) is 0 Å². The second kappa shape index (κ2) is 10.4. The maximum absolute atomic E-state index is 10.3. The number of aromatic amines is 1. The van der Waals surface area contributed by atoms with Crippen LogP contribution in [0.1, 0.15) is 11.1 Å². The van der Waals surface area contributed by atoms with Crippen LogP contribution in [0.2, 0.25) is 0 Å². The molecule has 0 radical (unpaired) electrons. The molecule has 3 heterocycles. The predicted molar refractivity (Wildman–Crippen MR) is 111 cm³/mol. The predicted octanol–water partition coefficient (Wildman–Crippen LogP) is -0.192. The van der Waals surface area contributed by atoms with Crippen LogP contribution < -0.4 is 5.32 Å². The Morgan fingerprint density at radius 1 is 1.12 bits per heavy atom. The second-order valence-corrected chi connectivity index (χ2v) is 8.23. The molecular weight excluding hydrogens is 445 g/mol. The number of phosphoric ester groups is 1. The molecule has 1 aliphatic heterocycles. The van der Waals surface area contributed by atoms with Crippen LogP contribution in [0.15, 0.2) is 36.9 Å². The SMILES string of the molecule is Cc1ccc(CNc2ncnc3nc[nH]c23)cc1.O=P(O)(O)OC[C@H]1OC(O)[C@H](O)[C@@H]1O. The Kier molecular flexibility index (Phi) is 7.87. The number of anilines is 1. The number of aliphatic hydroxyl groups excluding tert-OH is 3. The number of benzene rings is 1. The highest BCUT2D eigenvalue weighted by Crippen LogP contribution is 2.37. The van der Waals surface area contributed by atoms with Crippen LogP contribution in [-0.4, -0.2) is 76.3 Å². The normalized spacial score (nSPS) is 23.1. The van der Waals surface area contributed by atoms with Crippen molar-refractivity contribution in [1.29, 1.82) is 0 Å². The van der Waals surface area contributed by atoms with E-state index in [-0.39, 0.29) is 0 Å². The first-order valence-electron chi connectivity index (χ1n) is 9.47. The lowest BCUT2D eigenvalue weighted by atomic mass is 10.1. The number of hydrogen-bond acceptors (Lipinski definition) is 10. The smallest absolute Gasteiger partial charge is 0.387 e. The van der Waals surface area contributed by atoms with Crippen molar-refractivity contribution in [3.05, 3.63) is 48.0 Å². The molecule has 4 atom stereocenters. The van der Waals surface area contributed by atoms with Gasteiger partial charge >= 0.3 is 7.82 Å². The third-order valence-electron chi connectivity index (χ3n) is 4.55. The van der Waals surface area contributed by atoms with Crippen molar-refractivity contribution in [3.63, 3.8) is 0 Å². The summed E-state index contributed by atoms with van der Waals surface area (Å²) in [5, 5.41) is 30.3. The van der Waals surface area contributed by atoms with E-state index in [0.717, 1.165) is 17.9 Å². The first-order chi connectivity index (χ1) is 15.1. The summed E-state index contributed by atoms with van der Waals surface area (Å²) >= 11 is 0. The lowest BCUT2D eigenvalue weighted by Crippen LogP contribution is -2.34. The number of H-pyrrole nitrogens is 1. The first kappa shape index (κ1) is 24.2. The van der Waals surface area contributed by atoms with E-state index in [1.54, 1.807) is 6.33 Å². The lowest BCUT2D eigenvalue weighted by molar-refractivity contribution is -0.132. The topological polar surface area (TPSA) is 203 Å². The summed E-state index contributed by atoms with van der Waals surface area (Å²) in [5.41, 5.74) is 3.99. The van der Waals surface area contributed by atoms with Crippen LogP contribution in [0.25, 0.3) is 11.2 Å². The van der Waals surface area contributed by atoms with Gasteiger partial charge in [-0.25, -0.2) is 19.5 Å². The number of aryl methyl sites for hydroxylation is 1. The molecule has 7 N–H and O–H groups in total. The van der Waals surface area contributed by atoms with Crippen LogP contribution in [0.5, 0.6) is 0 Å². The molecule has 0 amide bonds. The van der Waals surface area contributed by atoms with E-state index < -0.39 is 39.0 Å². The molecule has 174 valence electrons. The zero-order valence-electron chi connectivity index (χ0n) is 16.9. The van der Waals surface area contributed by atoms with Crippen LogP contribution >= 0.6 is 7.82 Å². The van der Waals surface area contributed by atoms with Crippen LogP contribution in [-0.2, 0) is 20.4 Å². The fourth-order valence-electron chi connectivity index (χ4n) is 2.83. The Hall–Kier alpha value is -2.48. The van der Waals surface area contributed by atoms with Crippen molar-refractivity contribution >= 4 is 24.8 Å². The molecule has 0 bridgehead atoms. The quantitative estimate of drug-likeness (QED) is 0.235. The van der Waals surface area contributed by atoms with Crippen molar-refractivity contribution in [2.45, 2.75) is 38.1 Å². The van der Waals surface area contributed by atoms with Gasteiger partial charge in [-0.1, -0.05) is 29.8 Å². The van der Waals surface area contributed by atoms with Crippen molar-refractivity contribution in [3.8, 4) is 0 Å². The molecule has 0 saturated carbocycles. The van der Waals surface area contributed by atoms with Crippen molar-refractivity contribution in [2.24, 2.45) is 0 Å². The maximum Gasteiger partial charge on any atom is 0.469 e. The number of aromatic nitrogens is 4. The highest BCUT2D eigenvalue weighted by molar-refractivity contribution is 7.46. The molecule has 1 unspecified atom stereocenters. The third-order valence-corrected chi connectivity index (χ3v) is 5.03. The average Bonchev–Trinajstić information content (AvgIpc) is 3.33.